The zero-order valence-corrected chi connectivity index (χ0v) is 31.3. The molecule has 0 bridgehead atoms. The molecule has 278 valence electrons. The fraction of sp³-hybridized carbons (Fsp3) is 0.622. The molecule has 13 heteroatoms. The summed E-state index contributed by atoms with van der Waals surface area (Å²) < 4.78 is 1.57. The molecule has 2 aromatic rings. The van der Waals surface area contributed by atoms with Crippen molar-refractivity contribution in [3.63, 3.8) is 0 Å². The largest absolute Gasteiger partial charge is 0.350 e. The monoisotopic (exact) mass is 696 g/mol. The van der Waals surface area contributed by atoms with E-state index in [0.717, 1.165) is 5.56 Å². The quantitative estimate of drug-likeness (QED) is 0.123. The molecule has 0 aliphatic heterocycles. The van der Waals surface area contributed by atoms with E-state index in [4.69, 9.17) is 5.73 Å². The van der Waals surface area contributed by atoms with Crippen LogP contribution < -0.4 is 32.3 Å². The minimum Gasteiger partial charge on any atom is -0.350 e. The number of hydrogen-bond acceptors (Lipinski definition) is 7. The van der Waals surface area contributed by atoms with E-state index >= 15 is 0 Å². The molecule has 1 heterocycles. The molecule has 0 spiro atoms. The first-order chi connectivity index (χ1) is 23.5. The lowest BCUT2D eigenvalue weighted by Gasteiger charge is -2.30. The third-order valence-corrected chi connectivity index (χ3v) is 8.54. The number of anilines is 1. The lowest BCUT2D eigenvalue weighted by Crippen LogP contribution is -2.59. The molecule has 1 aromatic carbocycles. The van der Waals surface area contributed by atoms with Gasteiger partial charge in [0.1, 0.15) is 18.1 Å². The van der Waals surface area contributed by atoms with Gasteiger partial charge in [0, 0.05) is 44.2 Å². The lowest BCUT2D eigenvalue weighted by atomic mass is 9.94. The van der Waals surface area contributed by atoms with Crippen molar-refractivity contribution in [2.75, 3.05) is 5.32 Å². The van der Waals surface area contributed by atoms with Gasteiger partial charge >= 0.3 is 0 Å². The highest BCUT2D eigenvalue weighted by Crippen LogP contribution is 2.15. The van der Waals surface area contributed by atoms with Crippen LogP contribution in [-0.4, -0.2) is 69.5 Å². The number of nitrogens with zero attached hydrogens (tertiary/aromatic N) is 2. The predicted molar refractivity (Wildman–Crippen MR) is 196 cm³/mol. The lowest BCUT2D eigenvalue weighted by molar-refractivity contribution is -0.133. The third-order valence-electron chi connectivity index (χ3n) is 8.54. The molecule has 0 radical (unpaired) electrons. The second-order valence-electron chi connectivity index (χ2n) is 14.5. The van der Waals surface area contributed by atoms with E-state index in [1.54, 1.807) is 24.0 Å². The fourth-order valence-corrected chi connectivity index (χ4v) is 5.54. The van der Waals surface area contributed by atoms with Crippen LogP contribution in [0, 0.1) is 23.7 Å². The van der Waals surface area contributed by atoms with E-state index in [-0.39, 0.29) is 48.3 Å². The Morgan fingerprint density at radius 3 is 1.94 bits per heavy atom. The van der Waals surface area contributed by atoms with Crippen molar-refractivity contribution in [3.05, 3.63) is 48.2 Å². The van der Waals surface area contributed by atoms with Crippen LogP contribution in [0.3, 0.4) is 0 Å². The number of rotatable bonds is 20. The molecule has 0 aliphatic carbocycles. The Morgan fingerprint density at radius 1 is 0.760 bits per heavy atom. The molecule has 1 unspecified atom stereocenters. The number of aryl methyl sites for hydroxylation is 1. The van der Waals surface area contributed by atoms with Gasteiger partial charge in [-0.1, -0.05) is 92.1 Å². The van der Waals surface area contributed by atoms with Crippen LogP contribution in [0.1, 0.15) is 86.6 Å². The summed E-state index contributed by atoms with van der Waals surface area (Å²) in [5, 5.41) is 18.5. The van der Waals surface area contributed by atoms with Gasteiger partial charge in [0.05, 0.1) is 0 Å². The first-order valence-electron chi connectivity index (χ1n) is 17.8. The van der Waals surface area contributed by atoms with Crippen LogP contribution in [-0.2, 0) is 37.4 Å². The maximum Gasteiger partial charge on any atom is 0.248 e. The van der Waals surface area contributed by atoms with Gasteiger partial charge in [-0.3, -0.25) is 28.7 Å². The predicted octanol–water partition coefficient (Wildman–Crippen LogP) is 3.05. The first-order valence-corrected chi connectivity index (χ1v) is 17.8. The number of carbonyl (C=O) groups excluding carboxylic acids is 5. The van der Waals surface area contributed by atoms with Crippen molar-refractivity contribution in [2.24, 2.45) is 36.5 Å². The van der Waals surface area contributed by atoms with Gasteiger partial charge < -0.3 is 32.3 Å². The van der Waals surface area contributed by atoms with Gasteiger partial charge in [0.25, 0.3) is 0 Å². The highest BCUT2D eigenvalue weighted by atomic mass is 16.2. The Kier molecular flexibility index (Phi) is 17.1. The van der Waals surface area contributed by atoms with Gasteiger partial charge in [-0.2, -0.15) is 5.10 Å². The topological polar surface area (TPSA) is 189 Å². The Bertz CT molecular complexity index is 1390. The molecule has 0 fully saturated rings. The molecule has 2 rings (SSSR count). The number of carbonyl (C=O) groups is 5. The van der Waals surface area contributed by atoms with Crippen LogP contribution in [0.5, 0.6) is 0 Å². The summed E-state index contributed by atoms with van der Waals surface area (Å²) in [5.41, 5.74) is 7.55. The van der Waals surface area contributed by atoms with Gasteiger partial charge in [0.2, 0.25) is 29.5 Å². The highest BCUT2D eigenvalue weighted by molar-refractivity contribution is 5.97. The maximum atomic E-state index is 13.9. The SMILES string of the molecule is CC[C@H](C)[C@H](NC(=O)C[C@H](N)[C@H](Cc1ccccc1)NC(=O)C(NC(=O)[C@H](CC(C)C)NC(=O)CC(C)C)C(C)C)C(=O)Nc1ccn(C)n1. The minimum atomic E-state index is -0.927. The Morgan fingerprint density at radius 2 is 1.40 bits per heavy atom. The standard InChI is InChI=1S/C37H60N8O5/c1-10-25(8)34(37(50)41-30-16-17-45(9)44-30)42-32(47)21-27(38)28(20-26-14-12-11-13-15-26)40-36(49)33(24(6)7)43-35(48)29(18-22(2)3)39-31(46)19-23(4)5/h11-17,22-25,27-29,33-34H,10,18-21,38H2,1-9H3,(H,39,46)(H,40,49)(H,42,47)(H,43,48)(H,41,44,50)/t25-,27-,28-,29-,33?,34-/m0/s1. The molecule has 7 N–H and O–H groups in total. The van der Waals surface area contributed by atoms with E-state index in [1.165, 1.54) is 0 Å². The van der Waals surface area contributed by atoms with Crippen molar-refractivity contribution in [3.8, 4) is 0 Å². The third kappa shape index (κ3) is 14.3. The summed E-state index contributed by atoms with van der Waals surface area (Å²) in [6.07, 6.45) is 3.21. The average molecular weight is 697 g/mol. The van der Waals surface area contributed by atoms with Crippen LogP contribution in [0.25, 0.3) is 0 Å². The van der Waals surface area contributed by atoms with E-state index < -0.39 is 47.9 Å². The number of nitrogens with one attached hydrogen (secondary N) is 5. The molecular weight excluding hydrogens is 636 g/mol. The summed E-state index contributed by atoms with van der Waals surface area (Å²) in [5.74, 6) is -1.77. The summed E-state index contributed by atoms with van der Waals surface area (Å²) in [7, 11) is 1.74. The second-order valence-corrected chi connectivity index (χ2v) is 14.5. The smallest absolute Gasteiger partial charge is 0.248 e. The molecule has 6 atom stereocenters. The van der Waals surface area contributed by atoms with Crippen molar-refractivity contribution in [2.45, 2.75) is 118 Å². The fourth-order valence-electron chi connectivity index (χ4n) is 5.54. The molecule has 0 saturated carbocycles. The van der Waals surface area contributed by atoms with Crippen molar-refractivity contribution in [1.29, 1.82) is 0 Å². The Balaban J connectivity index is 2.23. The number of hydrogen-bond donors (Lipinski definition) is 6. The number of nitrogens with two attached hydrogens (primary N) is 1. The second kappa shape index (κ2) is 20.4. The van der Waals surface area contributed by atoms with Crippen LogP contribution in [0.2, 0.25) is 0 Å². The molecule has 0 saturated heterocycles. The van der Waals surface area contributed by atoms with E-state index in [9.17, 15) is 24.0 Å². The van der Waals surface area contributed by atoms with E-state index in [2.05, 4.69) is 31.7 Å². The zero-order chi connectivity index (χ0) is 37.5. The summed E-state index contributed by atoms with van der Waals surface area (Å²) >= 11 is 0. The van der Waals surface area contributed by atoms with Crippen LogP contribution >= 0.6 is 0 Å². The van der Waals surface area contributed by atoms with Gasteiger partial charge in [-0.15, -0.1) is 0 Å². The van der Waals surface area contributed by atoms with Gasteiger partial charge in [0.15, 0.2) is 5.82 Å². The zero-order valence-electron chi connectivity index (χ0n) is 31.3. The summed E-state index contributed by atoms with van der Waals surface area (Å²) in [6.45, 7) is 15.2. The molecule has 50 heavy (non-hydrogen) atoms. The molecule has 13 nitrogen and oxygen atoms in total. The summed E-state index contributed by atoms with van der Waals surface area (Å²) in [6, 6.07) is 7.05. The normalized spacial score (nSPS) is 15.1. The van der Waals surface area contributed by atoms with Crippen LogP contribution in [0.4, 0.5) is 5.82 Å². The molecule has 5 amide bonds. The number of aromatic nitrogens is 2. The Labute approximate surface area is 297 Å². The minimum absolute atomic E-state index is 0.122. The molecule has 1 aromatic heterocycles. The van der Waals surface area contributed by atoms with Crippen molar-refractivity contribution in [1.82, 2.24) is 31.0 Å². The van der Waals surface area contributed by atoms with Gasteiger partial charge in [-0.25, -0.2) is 0 Å². The number of benzene rings is 1. The number of amides is 5. The van der Waals surface area contributed by atoms with Gasteiger partial charge in [-0.05, 0) is 42.1 Å². The first kappa shape index (κ1) is 41.9. The average Bonchev–Trinajstić information content (AvgIpc) is 3.44. The van der Waals surface area contributed by atoms with Crippen LogP contribution in [0.15, 0.2) is 42.6 Å². The summed E-state index contributed by atoms with van der Waals surface area (Å²) in [4.78, 5) is 66.5. The Hall–Kier alpha value is -4.26. The van der Waals surface area contributed by atoms with E-state index in [0.29, 0.717) is 25.1 Å². The van der Waals surface area contributed by atoms with Crippen molar-refractivity contribution < 1.29 is 24.0 Å². The molecule has 0 aliphatic rings. The molecular formula is C37H60N8O5. The highest BCUT2D eigenvalue weighted by Gasteiger charge is 2.33. The van der Waals surface area contributed by atoms with Crippen molar-refractivity contribution >= 4 is 35.4 Å². The van der Waals surface area contributed by atoms with E-state index in [1.807, 2.05) is 85.7 Å². The maximum absolute atomic E-state index is 13.9.